The van der Waals surface area contributed by atoms with Gasteiger partial charge in [-0.1, -0.05) is 32.6 Å². The van der Waals surface area contributed by atoms with E-state index in [2.05, 4.69) is 53.1 Å². The number of nitrogen functional groups attached to an aromatic ring is 1. The van der Waals surface area contributed by atoms with E-state index in [9.17, 15) is 0 Å². The van der Waals surface area contributed by atoms with Gasteiger partial charge in [0.25, 0.3) is 0 Å². The van der Waals surface area contributed by atoms with Crippen LogP contribution in [-0.2, 0) is 6.42 Å². The van der Waals surface area contributed by atoms with E-state index in [4.69, 9.17) is 10.7 Å². The number of halogens is 1. The van der Waals surface area contributed by atoms with Crippen LogP contribution in [0.1, 0.15) is 62.9 Å². The monoisotopic (exact) mass is 526 g/mol. The fraction of sp³-hybridized carbons (Fsp3) is 0.312. The van der Waals surface area contributed by atoms with Gasteiger partial charge in [0.2, 0.25) is 0 Å². The van der Waals surface area contributed by atoms with E-state index in [0.717, 1.165) is 59.7 Å². The van der Waals surface area contributed by atoms with Crippen LogP contribution >= 0.6 is 0 Å². The molecular formula is C32H39FN6. The molecule has 1 aliphatic heterocycles. The first-order valence-corrected chi connectivity index (χ1v) is 13.4. The van der Waals surface area contributed by atoms with E-state index in [1.807, 2.05) is 31.2 Å². The van der Waals surface area contributed by atoms with Gasteiger partial charge in [-0.2, -0.15) is 0 Å². The van der Waals surface area contributed by atoms with Crippen LogP contribution in [0.5, 0.6) is 0 Å². The summed E-state index contributed by atoms with van der Waals surface area (Å²) in [4.78, 5) is 15.0. The van der Waals surface area contributed by atoms with Crippen molar-refractivity contribution in [2.24, 2.45) is 0 Å². The zero-order chi connectivity index (χ0) is 28.4. The Morgan fingerprint density at radius 1 is 1.26 bits per heavy atom. The number of fused-ring (bicyclic) bond motifs is 1. The molecule has 0 atom stereocenters. The fourth-order valence-electron chi connectivity index (χ4n) is 4.81. The second kappa shape index (κ2) is 14.0. The first-order chi connectivity index (χ1) is 18.9. The number of aromatic nitrogens is 3. The van der Waals surface area contributed by atoms with Crippen molar-refractivity contribution in [3.63, 3.8) is 0 Å². The van der Waals surface area contributed by atoms with Crippen molar-refractivity contribution in [3.8, 4) is 12.8 Å². The van der Waals surface area contributed by atoms with Crippen molar-refractivity contribution in [2.75, 3.05) is 23.7 Å². The van der Waals surface area contributed by atoms with Gasteiger partial charge in [-0.3, -0.25) is 0 Å². The molecule has 1 fully saturated rings. The number of H-pyrrole nitrogens is 1. The lowest BCUT2D eigenvalue weighted by atomic mass is 9.98. The highest BCUT2D eigenvalue weighted by atomic mass is 19.1. The van der Waals surface area contributed by atoms with Crippen LogP contribution in [0.2, 0.25) is 0 Å². The summed E-state index contributed by atoms with van der Waals surface area (Å²) in [7, 11) is 0. The molecule has 7 heteroatoms. The van der Waals surface area contributed by atoms with Crippen molar-refractivity contribution in [3.05, 3.63) is 89.9 Å². The van der Waals surface area contributed by atoms with Crippen LogP contribution in [0.15, 0.2) is 67.2 Å². The first kappa shape index (κ1) is 29.2. The molecule has 0 spiro atoms. The van der Waals surface area contributed by atoms with Crippen LogP contribution in [0.25, 0.3) is 16.7 Å². The highest BCUT2D eigenvalue weighted by molar-refractivity contribution is 5.86. The topological polar surface area (TPSA) is 82.9 Å². The number of pyridine rings is 1. The van der Waals surface area contributed by atoms with Crippen LogP contribution < -0.4 is 16.0 Å². The van der Waals surface area contributed by atoms with Crippen molar-refractivity contribution in [2.45, 2.75) is 52.4 Å². The van der Waals surface area contributed by atoms with Crippen molar-refractivity contribution >= 4 is 28.1 Å². The smallest absolute Gasteiger partial charge is 0.179 e. The molecule has 0 amide bonds. The van der Waals surface area contributed by atoms with Crippen molar-refractivity contribution < 1.29 is 4.39 Å². The number of rotatable bonds is 10. The predicted molar refractivity (Wildman–Crippen MR) is 163 cm³/mol. The number of anilines is 2. The predicted octanol–water partition coefficient (Wildman–Crippen LogP) is 6.89. The lowest BCUT2D eigenvalue weighted by molar-refractivity contribution is 0.578. The summed E-state index contributed by atoms with van der Waals surface area (Å²) >= 11 is 0. The lowest BCUT2D eigenvalue weighted by Crippen LogP contribution is -2.29. The third kappa shape index (κ3) is 7.17. The summed E-state index contributed by atoms with van der Waals surface area (Å²) in [6.45, 7) is 14.1. The number of nitrogens with two attached hydrogens (primary N) is 1. The van der Waals surface area contributed by atoms with Gasteiger partial charge in [0.05, 0.1) is 11.4 Å². The summed E-state index contributed by atoms with van der Waals surface area (Å²) in [5.41, 5.74) is 13.0. The number of hydrogen-bond acceptors (Lipinski definition) is 5. The Hall–Kier alpha value is -4.31. The Balaban J connectivity index is 0.00000205. The van der Waals surface area contributed by atoms with Gasteiger partial charge in [0, 0.05) is 37.1 Å². The minimum absolute atomic E-state index is 0.131. The minimum Gasteiger partial charge on any atom is -0.396 e. The van der Waals surface area contributed by atoms with Gasteiger partial charge in [0.1, 0.15) is 17.2 Å². The zero-order valence-electron chi connectivity index (χ0n) is 23.1. The van der Waals surface area contributed by atoms with Crippen LogP contribution in [0.4, 0.5) is 15.8 Å². The quantitative estimate of drug-likeness (QED) is 0.152. The van der Waals surface area contributed by atoms with E-state index < -0.39 is 5.82 Å². The second-order valence-electron chi connectivity index (χ2n) is 9.49. The number of hydrogen-bond donors (Lipinski definition) is 3. The van der Waals surface area contributed by atoms with Gasteiger partial charge in [0.15, 0.2) is 5.65 Å². The number of allylic oxidation sites excluding steroid dienone is 5. The number of piperidine rings is 1. The summed E-state index contributed by atoms with van der Waals surface area (Å²) in [5, 5.41) is 3.29. The molecule has 3 heterocycles. The molecule has 1 aliphatic rings. The highest BCUT2D eigenvalue weighted by Crippen LogP contribution is 2.30. The second-order valence-corrected chi connectivity index (χ2v) is 9.49. The summed E-state index contributed by atoms with van der Waals surface area (Å²) in [6.07, 6.45) is 21.3. The maximum atomic E-state index is 15.0. The molecule has 1 saturated heterocycles. The first-order valence-electron chi connectivity index (χ1n) is 13.4. The average molecular weight is 527 g/mol. The van der Waals surface area contributed by atoms with E-state index in [0.29, 0.717) is 23.5 Å². The Labute approximate surface area is 231 Å². The van der Waals surface area contributed by atoms with Gasteiger partial charge in [-0.15, -0.1) is 12.8 Å². The molecule has 3 aromatic rings. The molecular weight excluding hydrogens is 487 g/mol. The van der Waals surface area contributed by atoms with E-state index in [1.165, 1.54) is 25.3 Å². The molecule has 0 aliphatic carbocycles. The minimum atomic E-state index is -0.452. The van der Waals surface area contributed by atoms with Crippen LogP contribution in [0.3, 0.4) is 0 Å². The molecule has 4 rings (SSSR count). The Kier molecular flexibility index (Phi) is 10.5. The fourth-order valence-corrected chi connectivity index (χ4v) is 4.81. The summed E-state index contributed by atoms with van der Waals surface area (Å²) < 4.78 is 15.0. The third-order valence-corrected chi connectivity index (χ3v) is 6.74. The molecule has 39 heavy (non-hydrogen) atoms. The maximum absolute atomic E-state index is 15.0. The normalized spacial score (nSPS) is 14.0. The van der Waals surface area contributed by atoms with Gasteiger partial charge < -0.3 is 20.9 Å². The number of terminal acetylenes is 1. The van der Waals surface area contributed by atoms with Gasteiger partial charge in [-0.05, 0) is 79.7 Å². The SMILES string of the molecule is C#C.C=C/C(=C\C(=C/C)c1cc(F)c(N)c(Cc2nc3nccc(N4CCCCC4)c3[nH]2)c1)NC(=C)CCC. The lowest BCUT2D eigenvalue weighted by Gasteiger charge is -2.28. The van der Waals surface area contributed by atoms with E-state index in [1.54, 1.807) is 12.3 Å². The molecule has 1 aromatic carbocycles. The number of aromatic amines is 1. The summed E-state index contributed by atoms with van der Waals surface area (Å²) in [6, 6.07) is 5.44. The van der Waals surface area contributed by atoms with Gasteiger partial charge in [-0.25, -0.2) is 14.4 Å². The van der Waals surface area contributed by atoms with E-state index in [-0.39, 0.29) is 5.69 Å². The zero-order valence-corrected chi connectivity index (χ0v) is 23.1. The van der Waals surface area contributed by atoms with Crippen molar-refractivity contribution in [1.29, 1.82) is 0 Å². The molecule has 204 valence electrons. The Bertz CT molecular complexity index is 1390. The highest BCUT2D eigenvalue weighted by Gasteiger charge is 2.18. The maximum Gasteiger partial charge on any atom is 0.179 e. The molecule has 6 nitrogen and oxygen atoms in total. The number of nitrogens with zero attached hydrogens (tertiary/aromatic N) is 3. The molecule has 0 radical (unpaired) electrons. The number of benzene rings is 1. The number of nitrogens with one attached hydrogen (secondary N) is 2. The average Bonchev–Trinajstić information content (AvgIpc) is 3.37. The third-order valence-electron chi connectivity index (χ3n) is 6.74. The molecule has 0 bridgehead atoms. The van der Waals surface area contributed by atoms with Crippen molar-refractivity contribution in [1.82, 2.24) is 20.3 Å². The molecule has 0 unspecified atom stereocenters. The van der Waals surface area contributed by atoms with Crippen LogP contribution in [-0.4, -0.2) is 28.0 Å². The largest absolute Gasteiger partial charge is 0.396 e. The Morgan fingerprint density at radius 3 is 2.67 bits per heavy atom. The summed E-state index contributed by atoms with van der Waals surface area (Å²) in [5.74, 6) is 0.254. The van der Waals surface area contributed by atoms with E-state index >= 15 is 4.39 Å². The standard InChI is InChI=1S/C30H37FN6.C2H2/c1-5-11-20(4)34-24(7-3)17-21(6-2)22-16-23(28(32)25(31)18-22)19-27-35-29-26(12-13-33-30(29)36-27)37-14-9-8-10-15-37;1-2/h6-7,12-13,16-18,34H,3-5,8-11,14-15,19,32H2,1-2H3,(H,33,35,36);1-2H/b21-6+,24-17+;. The Morgan fingerprint density at radius 2 is 2.00 bits per heavy atom. The molecule has 0 saturated carbocycles. The van der Waals surface area contributed by atoms with Gasteiger partial charge >= 0.3 is 0 Å². The van der Waals surface area contributed by atoms with Crippen LogP contribution in [0, 0.1) is 18.7 Å². The molecule has 2 aromatic heterocycles. The molecule has 4 N–H and O–H groups in total. The number of imidazole rings is 1.